The van der Waals surface area contributed by atoms with Crippen LogP contribution in [0.25, 0.3) is 0 Å². The Morgan fingerprint density at radius 1 is 1.30 bits per heavy atom. The molecule has 0 aliphatic heterocycles. The van der Waals surface area contributed by atoms with Crippen LogP contribution < -0.4 is 5.32 Å². The van der Waals surface area contributed by atoms with E-state index in [0.717, 1.165) is 11.4 Å². The number of esters is 1. The first-order valence-corrected chi connectivity index (χ1v) is 7.28. The second-order valence-corrected chi connectivity index (χ2v) is 5.76. The van der Waals surface area contributed by atoms with E-state index >= 15 is 0 Å². The number of hydrogen-bond donors (Lipinski definition) is 1. The van der Waals surface area contributed by atoms with E-state index in [1.54, 1.807) is 23.7 Å². The molecule has 4 nitrogen and oxygen atoms in total. The highest BCUT2D eigenvalue weighted by atomic mass is 32.1. The van der Waals surface area contributed by atoms with E-state index in [1.807, 2.05) is 18.2 Å². The summed E-state index contributed by atoms with van der Waals surface area (Å²) in [5.74, 6) is -0.198. The minimum atomic E-state index is -0.198. The van der Waals surface area contributed by atoms with Crippen molar-refractivity contribution < 1.29 is 9.53 Å². The lowest BCUT2D eigenvalue weighted by Crippen LogP contribution is -2.17. The van der Waals surface area contributed by atoms with Crippen molar-refractivity contribution in [1.29, 1.82) is 0 Å². The molecule has 2 aromatic rings. The van der Waals surface area contributed by atoms with E-state index in [4.69, 9.17) is 0 Å². The van der Waals surface area contributed by atoms with Gasteiger partial charge in [-0.2, -0.15) is 0 Å². The molecule has 20 heavy (non-hydrogen) atoms. The molecule has 2 aromatic heterocycles. The van der Waals surface area contributed by atoms with Crippen LogP contribution in [0.2, 0.25) is 0 Å². The SMILES string of the molecule is COC(=O)Cc1ccc(CNC(C)c2ccncc2)s1. The quantitative estimate of drug-likeness (QED) is 0.831. The summed E-state index contributed by atoms with van der Waals surface area (Å²) in [5.41, 5.74) is 1.21. The molecule has 0 aliphatic rings. The van der Waals surface area contributed by atoms with Gasteiger partial charge in [0.05, 0.1) is 13.5 Å². The molecule has 0 fully saturated rings. The average Bonchev–Trinajstić information content (AvgIpc) is 2.93. The number of nitrogens with one attached hydrogen (secondary N) is 1. The van der Waals surface area contributed by atoms with Crippen molar-refractivity contribution in [1.82, 2.24) is 10.3 Å². The van der Waals surface area contributed by atoms with E-state index in [9.17, 15) is 4.79 Å². The first-order valence-electron chi connectivity index (χ1n) is 6.46. The molecule has 0 aliphatic carbocycles. The zero-order chi connectivity index (χ0) is 14.4. The number of hydrogen-bond acceptors (Lipinski definition) is 5. The van der Waals surface area contributed by atoms with Crippen LogP contribution in [-0.2, 0) is 22.5 Å². The van der Waals surface area contributed by atoms with Crippen molar-refractivity contribution >= 4 is 17.3 Å². The first kappa shape index (κ1) is 14.7. The lowest BCUT2D eigenvalue weighted by Gasteiger charge is -2.12. The molecule has 0 spiro atoms. The number of rotatable bonds is 6. The van der Waals surface area contributed by atoms with Crippen molar-refractivity contribution in [3.63, 3.8) is 0 Å². The lowest BCUT2D eigenvalue weighted by atomic mass is 10.1. The topological polar surface area (TPSA) is 51.2 Å². The zero-order valence-corrected chi connectivity index (χ0v) is 12.4. The fourth-order valence-corrected chi connectivity index (χ4v) is 2.80. The fraction of sp³-hybridized carbons (Fsp3) is 0.333. The molecule has 0 radical (unpaired) electrons. The molecule has 2 heterocycles. The van der Waals surface area contributed by atoms with Crippen LogP contribution in [0, 0.1) is 0 Å². The van der Waals surface area contributed by atoms with E-state index in [-0.39, 0.29) is 12.0 Å². The molecule has 0 aromatic carbocycles. The minimum absolute atomic E-state index is 0.198. The smallest absolute Gasteiger partial charge is 0.310 e. The average molecular weight is 290 g/mol. The Hall–Kier alpha value is -1.72. The van der Waals surface area contributed by atoms with Crippen LogP contribution >= 0.6 is 11.3 Å². The van der Waals surface area contributed by atoms with Gasteiger partial charge in [0, 0.05) is 34.7 Å². The summed E-state index contributed by atoms with van der Waals surface area (Å²) in [5, 5.41) is 3.46. The van der Waals surface area contributed by atoms with Gasteiger partial charge >= 0.3 is 5.97 Å². The summed E-state index contributed by atoms with van der Waals surface area (Å²) in [6.07, 6.45) is 3.95. The Morgan fingerprint density at radius 3 is 2.70 bits per heavy atom. The van der Waals surface area contributed by atoms with Gasteiger partial charge in [0.1, 0.15) is 0 Å². The maximum atomic E-state index is 11.2. The van der Waals surface area contributed by atoms with Gasteiger partial charge in [-0.1, -0.05) is 0 Å². The Bertz CT molecular complexity index is 554. The zero-order valence-electron chi connectivity index (χ0n) is 11.6. The number of pyridine rings is 1. The molecule has 5 heteroatoms. The molecule has 0 saturated carbocycles. The maximum Gasteiger partial charge on any atom is 0.310 e. The van der Waals surface area contributed by atoms with Gasteiger partial charge in [-0.15, -0.1) is 11.3 Å². The van der Waals surface area contributed by atoms with Gasteiger partial charge in [-0.25, -0.2) is 0 Å². The van der Waals surface area contributed by atoms with Crippen LogP contribution in [-0.4, -0.2) is 18.1 Å². The number of carbonyl (C=O) groups is 1. The molecule has 1 unspecified atom stereocenters. The van der Waals surface area contributed by atoms with E-state index in [2.05, 4.69) is 28.0 Å². The van der Waals surface area contributed by atoms with Gasteiger partial charge < -0.3 is 10.1 Å². The van der Waals surface area contributed by atoms with Crippen molar-refractivity contribution in [2.45, 2.75) is 25.9 Å². The van der Waals surface area contributed by atoms with Crippen LogP contribution in [0.1, 0.15) is 28.3 Å². The Kier molecular flexibility index (Phi) is 5.26. The van der Waals surface area contributed by atoms with Gasteiger partial charge in [0.2, 0.25) is 0 Å². The van der Waals surface area contributed by atoms with E-state index < -0.39 is 0 Å². The molecule has 2 rings (SSSR count). The normalized spacial score (nSPS) is 12.1. The highest BCUT2D eigenvalue weighted by Gasteiger charge is 2.08. The molecule has 1 atom stereocenters. The van der Waals surface area contributed by atoms with Crippen LogP contribution in [0.3, 0.4) is 0 Å². The summed E-state index contributed by atoms with van der Waals surface area (Å²) in [6, 6.07) is 8.32. The second-order valence-electron chi connectivity index (χ2n) is 4.50. The molecule has 0 saturated heterocycles. The monoisotopic (exact) mass is 290 g/mol. The third-order valence-electron chi connectivity index (χ3n) is 3.05. The minimum Gasteiger partial charge on any atom is -0.469 e. The summed E-state index contributed by atoms with van der Waals surface area (Å²) in [4.78, 5) is 17.5. The van der Waals surface area contributed by atoms with Crippen molar-refractivity contribution in [2.75, 3.05) is 7.11 Å². The molecule has 1 N–H and O–H groups in total. The summed E-state index contributed by atoms with van der Waals surface area (Å²) < 4.78 is 4.67. The number of thiophene rings is 1. The van der Waals surface area contributed by atoms with Gasteiger partial charge in [-0.05, 0) is 36.8 Å². The highest BCUT2D eigenvalue weighted by molar-refractivity contribution is 7.12. The standard InChI is InChI=1S/C15H18N2O2S/c1-11(12-5-7-16-8-6-12)17-10-14-4-3-13(20-14)9-15(18)19-2/h3-8,11,17H,9-10H2,1-2H3. The molecular formula is C15H18N2O2S. The van der Waals surface area contributed by atoms with Gasteiger partial charge in [-0.3, -0.25) is 9.78 Å². The highest BCUT2D eigenvalue weighted by Crippen LogP contribution is 2.19. The van der Waals surface area contributed by atoms with Gasteiger partial charge in [0.25, 0.3) is 0 Å². The molecule has 0 bridgehead atoms. The number of carbonyl (C=O) groups excluding carboxylic acids is 1. The number of ether oxygens (including phenoxy) is 1. The van der Waals surface area contributed by atoms with Crippen molar-refractivity contribution in [3.8, 4) is 0 Å². The third-order valence-corrected chi connectivity index (χ3v) is 4.14. The predicted octanol–water partition coefficient (Wildman–Crippen LogP) is 2.71. The Balaban J connectivity index is 1.87. The number of aromatic nitrogens is 1. The Labute approximate surface area is 122 Å². The van der Waals surface area contributed by atoms with E-state index in [1.165, 1.54) is 17.6 Å². The molecule has 0 amide bonds. The van der Waals surface area contributed by atoms with Crippen LogP contribution in [0.5, 0.6) is 0 Å². The molecule has 106 valence electrons. The fourth-order valence-electron chi connectivity index (χ4n) is 1.85. The maximum absolute atomic E-state index is 11.2. The predicted molar refractivity (Wildman–Crippen MR) is 79.5 cm³/mol. The number of nitrogens with zero attached hydrogens (tertiary/aromatic N) is 1. The summed E-state index contributed by atoms with van der Waals surface area (Å²) >= 11 is 1.64. The third kappa shape index (κ3) is 4.15. The van der Waals surface area contributed by atoms with E-state index in [0.29, 0.717) is 6.42 Å². The first-order chi connectivity index (χ1) is 9.69. The Morgan fingerprint density at radius 2 is 2.00 bits per heavy atom. The van der Waals surface area contributed by atoms with Crippen LogP contribution in [0.4, 0.5) is 0 Å². The summed E-state index contributed by atoms with van der Waals surface area (Å²) in [6.45, 7) is 2.91. The summed E-state index contributed by atoms with van der Waals surface area (Å²) in [7, 11) is 1.41. The van der Waals surface area contributed by atoms with Crippen molar-refractivity contribution in [2.24, 2.45) is 0 Å². The van der Waals surface area contributed by atoms with Gasteiger partial charge in [0.15, 0.2) is 0 Å². The number of methoxy groups -OCH3 is 1. The van der Waals surface area contributed by atoms with Crippen molar-refractivity contribution in [3.05, 3.63) is 52.0 Å². The molecular weight excluding hydrogens is 272 g/mol. The largest absolute Gasteiger partial charge is 0.469 e. The second kappa shape index (κ2) is 7.17. The van der Waals surface area contributed by atoms with Crippen LogP contribution in [0.15, 0.2) is 36.7 Å². The lowest BCUT2D eigenvalue weighted by molar-refractivity contribution is -0.139.